The Balaban J connectivity index is 2.29. The van der Waals surface area contributed by atoms with Gasteiger partial charge in [-0.1, -0.05) is 0 Å². The molecule has 9 heteroatoms. The first-order valence-corrected chi connectivity index (χ1v) is 7.78. The fourth-order valence-corrected chi connectivity index (χ4v) is 3.67. The molecule has 0 spiro atoms. The van der Waals surface area contributed by atoms with Crippen molar-refractivity contribution in [3.05, 3.63) is 0 Å². The number of hydrogen-bond acceptors (Lipinski definition) is 8. The van der Waals surface area contributed by atoms with Crippen LogP contribution in [0.1, 0.15) is 20.8 Å². The first-order chi connectivity index (χ1) is 9.08. The highest BCUT2D eigenvalue weighted by atomic mass is 31.2. The van der Waals surface area contributed by atoms with Crippen LogP contribution in [-0.2, 0) is 22.9 Å². The van der Waals surface area contributed by atoms with Gasteiger partial charge in [0.05, 0.1) is 5.60 Å². The molecule has 8 nitrogen and oxygen atoms in total. The summed E-state index contributed by atoms with van der Waals surface area (Å²) >= 11 is 0. The van der Waals surface area contributed by atoms with Crippen LogP contribution in [0.4, 0.5) is 0 Å². The number of fused-ring (bicyclic) bond motifs is 1. The predicted molar refractivity (Wildman–Crippen MR) is 67.0 cm³/mol. The molecule has 0 amide bonds. The van der Waals surface area contributed by atoms with Gasteiger partial charge in [-0.2, -0.15) is 0 Å². The van der Waals surface area contributed by atoms with E-state index in [-0.39, 0.29) is 0 Å². The van der Waals surface area contributed by atoms with Gasteiger partial charge in [-0.25, -0.2) is 4.57 Å². The number of ether oxygens (including phenoxy) is 1. The van der Waals surface area contributed by atoms with Gasteiger partial charge in [-0.3, -0.25) is 13.6 Å². The lowest BCUT2D eigenvalue weighted by atomic mass is 9.84. The molecule has 20 heavy (non-hydrogen) atoms. The average Bonchev–Trinajstić information content (AvgIpc) is 2.70. The predicted octanol–water partition coefficient (Wildman–Crippen LogP) is -0.195. The molecule has 1 saturated heterocycles. The molecule has 2 rings (SSSR count). The topological polar surface area (TPSA) is 115 Å². The Hall–Kier alpha value is -0.0500. The lowest BCUT2D eigenvalue weighted by Crippen LogP contribution is -2.64. The Morgan fingerprint density at radius 2 is 1.55 bits per heavy atom. The van der Waals surface area contributed by atoms with Crippen molar-refractivity contribution in [3.8, 4) is 0 Å². The normalized spacial score (nSPS) is 49.1. The Kier molecular flexibility index (Phi) is 4.32. The zero-order chi connectivity index (χ0) is 15.3. The van der Waals surface area contributed by atoms with E-state index in [4.69, 9.17) is 13.8 Å². The second-order valence-corrected chi connectivity index (χ2v) is 7.62. The van der Waals surface area contributed by atoms with Gasteiger partial charge < -0.3 is 20.1 Å². The monoisotopic (exact) mass is 312 g/mol. The molecule has 1 aliphatic heterocycles. The molecule has 0 bridgehead atoms. The Morgan fingerprint density at radius 3 is 2.05 bits per heavy atom. The van der Waals surface area contributed by atoms with Gasteiger partial charge in [-0.15, -0.1) is 0 Å². The second kappa shape index (κ2) is 5.30. The third-order valence-corrected chi connectivity index (χ3v) is 4.69. The summed E-state index contributed by atoms with van der Waals surface area (Å²) in [5.41, 5.74) is -0.638. The van der Waals surface area contributed by atoms with Crippen molar-refractivity contribution in [3.63, 3.8) is 0 Å². The Morgan fingerprint density at radius 1 is 1.00 bits per heavy atom. The van der Waals surface area contributed by atoms with Crippen molar-refractivity contribution in [1.29, 1.82) is 0 Å². The molecule has 3 N–H and O–H groups in total. The van der Waals surface area contributed by atoms with Crippen molar-refractivity contribution in [2.24, 2.45) is 0 Å². The number of phosphoric ester groups is 1. The second-order valence-electron chi connectivity index (χ2n) is 5.94. The number of aliphatic hydroxyl groups is 3. The molecule has 7 atom stereocenters. The lowest BCUT2D eigenvalue weighted by Gasteiger charge is -2.42. The van der Waals surface area contributed by atoms with Crippen LogP contribution >= 0.6 is 7.82 Å². The quantitative estimate of drug-likeness (QED) is 0.601. The largest absolute Gasteiger partial charge is 0.475 e. The molecule has 118 valence electrons. The third-order valence-electron chi connectivity index (χ3n) is 3.24. The molecule has 7 unspecified atom stereocenters. The van der Waals surface area contributed by atoms with E-state index < -0.39 is 50.0 Å². The van der Waals surface area contributed by atoms with E-state index >= 15 is 0 Å². The van der Waals surface area contributed by atoms with Gasteiger partial charge in [0, 0.05) is 7.11 Å². The molecule has 1 aliphatic carbocycles. The number of aliphatic hydroxyl groups excluding tert-OH is 3. The van der Waals surface area contributed by atoms with Gasteiger partial charge in [0.25, 0.3) is 0 Å². The van der Waals surface area contributed by atoms with Crippen LogP contribution in [-0.4, -0.2) is 64.7 Å². The number of rotatable bonds is 2. The molecule has 0 radical (unpaired) electrons. The maximum Gasteiger partial charge on any atom is 0.475 e. The first kappa shape index (κ1) is 16.3. The van der Waals surface area contributed by atoms with Crippen LogP contribution < -0.4 is 0 Å². The summed E-state index contributed by atoms with van der Waals surface area (Å²) in [6, 6.07) is 0. The summed E-state index contributed by atoms with van der Waals surface area (Å²) in [5, 5.41) is 29.8. The summed E-state index contributed by atoms with van der Waals surface area (Å²) < 4.78 is 32.6. The Labute approximate surface area is 117 Å². The molecule has 0 aromatic carbocycles. The Bertz CT molecular complexity index is 408. The fraction of sp³-hybridized carbons (Fsp3) is 1.00. The van der Waals surface area contributed by atoms with E-state index in [1.807, 2.05) is 0 Å². The maximum atomic E-state index is 12.0. The molecule has 2 fully saturated rings. The number of hydrogen-bond donors (Lipinski definition) is 3. The molecular formula is C11H21O8P. The zero-order valence-corrected chi connectivity index (χ0v) is 12.7. The van der Waals surface area contributed by atoms with E-state index in [0.717, 1.165) is 7.11 Å². The average molecular weight is 312 g/mol. The van der Waals surface area contributed by atoms with Crippen molar-refractivity contribution >= 4 is 7.82 Å². The molecule has 0 aromatic rings. The van der Waals surface area contributed by atoms with Crippen LogP contribution in [0, 0.1) is 0 Å². The summed E-state index contributed by atoms with van der Waals surface area (Å²) in [6.45, 7) is 5.29. The smallest absolute Gasteiger partial charge is 0.387 e. The molecule has 0 aromatic heterocycles. The highest BCUT2D eigenvalue weighted by Crippen LogP contribution is 2.59. The van der Waals surface area contributed by atoms with Gasteiger partial charge in [0.2, 0.25) is 0 Å². The van der Waals surface area contributed by atoms with Crippen molar-refractivity contribution in [2.45, 2.75) is 63.0 Å². The first-order valence-electron chi connectivity index (χ1n) is 6.32. The molecular weight excluding hydrogens is 291 g/mol. The fourth-order valence-electron chi connectivity index (χ4n) is 2.36. The molecule has 2 aliphatic rings. The van der Waals surface area contributed by atoms with Gasteiger partial charge >= 0.3 is 7.82 Å². The zero-order valence-electron chi connectivity index (χ0n) is 11.8. The number of phosphoric acid groups is 1. The van der Waals surface area contributed by atoms with Crippen LogP contribution in [0.15, 0.2) is 0 Å². The van der Waals surface area contributed by atoms with E-state index in [0.29, 0.717) is 0 Å². The molecule has 1 heterocycles. The van der Waals surface area contributed by atoms with E-state index in [2.05, 4.69) is 4.52 Å². The van der Waals surface area contributed by atoms with Crippen LogP contribution in [0.2, 0.25) is 0 Å². The third kappa shape index (κ3) is 2.93. The summed E-state index contributed by atoms with van der Waals surface area (Å²) in [5.74, 6) is 0. The summed E-state index contributed by atoms with van der Waals surface area (Å²) in [6.07, 6.45) is -7.40. The highest BCUT2D eigenvalue weighted by Gasteiger charge is 2.60. The van der Waals surface area contributed by atoms with Crippen molar-refractivity contribution in [1.82, 2.24) is 0 Å². The standard InChI is InChI=1S/C11H21O8P/c1-11(2,3)17-8-6(13)5(12)7(14)9-10(8)19-20(15,16-4)18-9/h5-10,12-14H,1-4H3. The minimum Gasteiger partial charge on any atom is -0.387 e. The van der Waals surface area contributed by atoms with Crippen molar-refractivity contribution < 1.29 is 38.2 Å². The lowest BCUT2D eigenvalue weighted by molar-refractivity contribution is -0.229. The van der Waals surface area contributed by atoms with E-state index in [9.17, 15) is 19.9 Å². The summed E-state index contributed by atoms with van der Waals surface area (Å²) in [7, 11) is -2.66. The highest BCUT2D eigenvalue weighted by molar-refractivity contribution is 7.48. The van der Waals surface area contributed by atoms with Gasteiger partial charge in [-0.05, 0) is 20.8 Å². The summed E-state index contributed by atoms with van der Waals surface area (Å²) in [4.78, 5) is 0. The SMILES string of the molecule is COP1(=O)OC2C(O)C(O)C(O)C(OC(C)(C)C)C2O1. The maximum absolute atomic E-state index is 12.0. The minimum absolute atomic E-state index is 0.638. The van der Waals surface area contributed by atoms with Crippen LogP contribution in [0.3, 0.4) is 0 Å². The van der Waals surface area contributed by atoms with E-state index in [1.54, 1.807) is 20.8 Å². The van der Waals surface area contributed by atoms with Crippen LogP contribution in [0.25, 0.3) is 0 Å². The molecule has 1 saturated carbocycles. The van der Waals surface area contributed by atoms with Crippen LogP contribution in [0.5, 0.6) is 0 Å². The minimum atomic E-state index is -3.81. The van der Waals surface area contributed by atoms with Gasteiger partial charge in [0.15, 0.2) is 0 Å². The van der Waals surface area contributed by atoms with Gasteiger partial charge in [0.1, 0.15) is 36.6 Å². The van der Waals surface area contributed by atoms with Crippen molar-refractivity contribution in [2.75, 3.05) is 7.11 Å². The van der Waals surface area contributed by atoms with E-state index in [1.165, 1.54) is 0 Å².